The lowest BCUT2D eigenvalue weighted by Gasteiger charge is -2.29. The summed E-state index contributed by atoms with van der Waals surface area (Å²) in [4.78, 5) is 1.38. The average molecular weight is 306 g/mol. The van der Waals surface area contributed by atoms with Crippen LogP contribution in [0, 0.1) is 11.3 Å². The molecule has 0 radical (unpaired) electrons. The highest BCUT2D eigenvalue weighted by atomic mass is 32.2. The maximum atomic E-state index is 3.78. The molecule has 0 amide bonds. The molecule has 1 N–H and O–H groups in total. The van der Waals surface area contributed by atoms with Crippen molar-refractivity contribution in [3.8, 4) is 0 Å². The molecule has 1 aromatic carbocycles. The summed E-state index contributed by atoms with van der Waals surface area (Å²) in [5.74, 6) is 2.08. The molecule has 0 spiro atoms. The summed E-state index contributed by atoms with van der Waals surface area (Å²) < 4.78 is 0. The Labute approximate surface area is 135 Å². The van der Waals surface area contributed by atoms with E-state index >= 15 is 0 Å². The Morgan fingerprint density at radius 2 is 1.81 bits per heavy atom. The SMILES string of the molecule is CC(C)(C)C1CCCC(NCCSc2ccccc2)CC1. The van der Waals surface area contributed by atoms with Gasteiger partial charge in [-0.2, -0.15) is 0 Å². The lowest BCUT2D eigenvalue weighted by atomic mass is 9.76. The topological polar surface area (TPSA) is 12.0 Å². The fraction of sp³-hybridized carbons (Fsp3) is 0.684. The van der Waals surface area contributed by atoms with E-state index in [-0.39, 0.29) is 0 Å². The second-order valence-electron chi connectivity index (χ2n) is 7.38. The Morgan fingerprint density at radius 3 is 2.52 bits per heavy atom. The van der Waals surface area contributed by atoms with Crippen LogP contribution in [-0.4, -0.2) is 18.3 Å². The van der Waals surface area contributed by atoms with Crippen LogP contribution in [0.25, 0.3) is 0 Å². The molecule has 1 aromatic rings. The number of hydrogen-bond donors (Lipinski definition) is 1. The summed E-state index contributed by atoms with van der Waals surface area (Å²) in [5, 5.41) is 3.78. The van der Waals surface area contributed by atoms with Crippen molar-refractivity contribution >= 4 is 11.8 Å². The molecule has 0 heterocycles. The minimum Gasteiger partial charge on any atom is -0.313 e. The number of benzene rings is 1. The van der Waals surface area contributed by atoms with Gasteiger partial charge < -0.3 is 5.32 Å². The zero-order valence-corrected chi connectivity index (χ0v) is 14.7. The van der Waals surface area contributed by atoms with Crippen molar-refractivity contribution in [1.29, 1.82) is 0 Å². The van der Waals surface area contributed by atoms with Crippen molar-refractivity contribution in [2.45, 2.75) is 63.8 Å². The molecule has 0 saturated heterocycles. The lowest BCUT2D eigenvalue weighted by molar-refractivity contribution is 0.213. The highest BCUT2D eigenvalue weighted by Crippen LogP contribution is 2.36. The molecule has 118 valence electrons. The summed E-state index contributed by atoms with van der Waals surface area (Å²) in [7, 11) is 0. The molecule has 0 aromatic heterocycles. The minimum atomic E-state index is 0.484. The molecule has 1 saturated carbocycles. The van der Waals surface area contributed by atoms with Crippen molar-refractivity contribution in [3.63, 3.8) is 0 Å². The molecule has 2 unspecified atom stereocenters. The highest BCUT2D eigenvalue weighted by molar-refractivity contribution is 7.99. The first kappa shape index (κ1) is 16.9. The Morgan fingerprint density at radius 1 is 1.05 bits per heavy atom. The molecule has 2 rings (SSSR count). The molecule has 2 atom stereocenters. The van der Waals surface area contributed by atoms with Gasteiger partial charge in [0.15, 0.2) is 0 Å². The van der Waals surface area contributed by atoms with Crippen LogP contribution in [-0.2, 0) is 0 Å². The summed E-state index contributed by atoms with van der Waals surface area (Å²) in [6.07, 6.45) is 6.93. The first-order chi connectivity index (χ1) is 10.1. The molecule has 1 aliphatic carbocycles. The number of nitrogens with one attached hydrogen (secondary N) is 1. The van der Waals surface area contributed by atoms with Crippen molar-refractivity contribution < 1.29 is 0 Å². The summed E-state index contributed by atoms with van der Waals surface area (Å²) in [5.41, 5.74) is 0.484. The fourth-order valence-electron chi connectivity index (χ4n) is 3.32. The molecule has 1 nitrogen and oxygen atoms in total. The molecular formula is C19H31NS. The first-order valence-corrected chi connectivity index (χ1v) is 9.45. The van der Waals surface area contributed by atoms with E-state index < -0.39 is 0 Å². The van der Waals surface area contributed by atoms with E-state index in [2.05, 4.69) is 56.4 Å². The quantitative estimate of drug-likeness (QED) is 0.446. The summed E-state index contributed by atoms with van der Waals surface area (Å²) in [6.45, 7) is 8.34. The highest BCUT2D eigenvalue weighted by Gasteiger charge is 2.27. The van der Waals surface area contributed by atoms with E-state index in [1.807, 2.05) is 11.8 Å². The van der Waals surface area contributed by atoms with Crippen LogP contribution in [0.5, 0.6) is 0 Å². The van der Waals surface area contributed by atoms with E-state index in [0.29, 0.717) is 5.41 Å². The van der Waals surface area contributed by atoms with Gasteiger partial charge in [-0.15, -0.1) is 11.8 Å². The number of rotatable bonds is 5. The predicted octanol–water partition coefficient (Wildman–Crippen LogP) is 5.36. The largest absolute Gasteiger partial charge is 0.313 e. The van der Waals surface area contributed by atoms with Gasteiger partial charge in [0.25, 0.3) is 0 Å². The smallest absolute Gasteiger partial charge is 0.0106 e. The van der Waals surface area contributed by atoms with Gasteiger partial charge in [0.05, 0.1) is 0 Å². The third-order valence-electron chi connectivity index (χ3n) is 4.74. The van der Waals surface area contributed by atoms with Gasteiger partial charge in [-0.3, -0.25) is 0 Å². The minimum absolute atomic E-state index is 0.484. The predicted molar refractivity (Wildman–Crippen MR) is 95.0 cm³/mol. The second-order valence-corrected chi connectivity index (χ2v) is 8.55. The van der Waals surface area contributed by atoms with Crippen molar-refractivity contribution in [2.75, 3.05) is 12.3 Å². The Bertz CT molecular complexity index is 396. The molecule has 0 bridgehead atoms. The fourth-order valence-corrected chi connectivity index (χ4v) is 4.13. The van der Waals surface area contributed by atoms with E-state index in [4.69, 9.17) is 0 Å². The second kappa shape index (κ2) is 8.24. The Kier molecular flexibility index (Phi) is 6.63. The van der Waals surface area contributed by atoms with E-state index in [1.165, 1.54) is 42.8 Å². The monoisotopic (exact) mass is 305 g/mol. The van der Waals surface area contributed by atoms with Crippen LogP contribution >= 0.6 is 11.8 Å². The molecular weight excluding hydrogens is 274 g/mol. The van der Waals surface area contributed by atoms with E-state index in [9.17, 15) is 0 Å². The summed E-state index contributed by atoms with van der Waals surface area (Å²) >= 11 is 1.96. The average Bonchev–Trinajstić information content (AvgIpc) is 2.70. The first-order valence-electron chi connectivity index (χ1n) is 8.47. The molecule has 21 heavy (non-hydrogen) atoms. The van der Waals surface area contributed by atoms with Crippen molar-refractivity contribution in [3.05, 3.63) is 30.3 Å². The standard InChI is InChI=1S/C19H31NS/c1-19(2,3)16-8-7-9-17(13-12-16)20-14-15-21-18-10-5-4-6-11-18/h4-6,10-11,16-17,20H,7-9,12-15H2,1-3H3. The van der Waals surface area contributed by atoms with Crippen LogP contribution in [0.2, 0.25) is 0 Å². The Balaban J connectivity index is 1.65. The van der Waals surface area contributed by atoms with Crippen LogP contribution < -0.4 is 5.32 Å². The van der Waals surface area contributed by atoms with Crippen molar-refractivity contribution in [1.82, 2.24) is 5.32 Å². The van der Waals surface area contributed by atoms with Crippen LogP contribution in [0.4, 0.5) is 0 Å². The maximum absolute atomic E-state index is 3.78. The third-order valence-corrected chi connectivity index (χ3v) is 5.75. The van der Waals surface area contributed by atoms with E-state index in [0.717, 1.165) is 18.5 Å². The van der Waals surface area contributed by atoms with Gasteiger partial charge in [-0.1, -0.05) is 45.4 Å². The van der Waals surface area contributed by atoms with Crippen LogP contribution in [0.1, 0.15) is 52.9 Å². The molecule has 2 heteroatoms. The zero-order chi connectivity index (χ0) is 15.1. The third kappa shape index (κ3) is 6.04. The zero-order valence-electron chi connectivity index (χ0n) is 13.9. The normalized spacial score (nSPS) is 23.8. The maximum Gasteiger partial charge on any atom is 0.0106 e. The number of thioether (sulfide) groups is 1. The van der Waals surface area contributed by atoms with Gasteiger partial charge in [0.1, 0.15) is 0 Å². The van der Waals surface area contributed by atoms with Crippen molar-refractivity contribution in [2.24, 2.45) is 11.3 Å². The molecule has 0 aliphatic heterocycles. The lowest BCUT2D eigenvalue weighted by Crippen LogP contribution is -2.30. The molecule has 1 fully saturated rings. The van der Waals surface area contributed by atoms with Gasteiger partial charge in [-0.25, -0.2) is 0 Å². The van der Waals surface area contributed by atoms with Gasteiger partial charge in [0.2, 0.25) is 0 Å². The summed E-state index contributed by atoms with van der Waals surface area (Å²) in [6, 6.07) is 11.5. The van der Waals surface area contributed by atoms with Gasteiger partial charge in [-0.05, 0) is 49.1 Å². The number of hydrogen-bond acceptors (Lipinski definition) is 2. The molecule has 1 aliphatic rings. The van der Waals surface area contributed by atoms with Crippen LogP contribution in [0.15, 0.2) is 35.2 Å². The van der Waals surface area contributed by atoms with Crippen LogP contribution in [0.3, 0.4) is 0 Å². The van der Waals surface area contributed by atoms with Gasteiger partial charge >= 0.3 is 0 Å². The van der Waals surface area contributed by atoms with Gasteiger partial charge in [0, 0.05) is 23.2 Å². The van der Waals surface area contributed by atoms with E-state index in [1.54, 1.807) is 0 Å². The Hall–Kier alpha value is -0.470.